The first-order chi connectivity index (χ1) is 13.8. The third-order valence-electron chi connectivity index (χ3n) is 3.84. The van der Waals surface area contributed by atoms with E-state index in [9.17, 15) is 18.0 Å². The van der Waals surface area contributed by atoms with Gasteiger partial charge in [-0.2, -0.15) is 13.2 Å². The standard InChI is InChI=1S/C19H15ClF3N3O2S/c1-28-14-4-2-3-13(10-14)26-8-7-24-18(26)29-11-17(27)25-16-9-12(19(21,22)23)5-6-15(16)20/h2-10H,11H2,1H3,(H,25,27). The highest BCUT2D eigenvalue weighted by molar-refractivity contribution is 7.99. The van der Waals surface area contributed by atoms with Gasteiger partial charge in [-0.05, 0) is 30.3 Å². The second-order valence-electron chi connectivity index (χ2n) is 5.81. The van der Waals surface area contributed by atoms with Gasteiger partial charge in [0, 0.05) is 18.5 Å². The van der Waals surface area contributed by atoms with Crippen LogP contribution in [0.15, 0.2) is 60.0 Å². The van der Waals surface area contributed by atoms with Crippen LogP contribution in [0.5, 0.6) is 5.75 Å². The molecule has 29 heavy (non-hydrogen) atoms. The minimum atomic E-state index is -4.53. The van der Waals surface area contributed by atoms with Crippen LogP contribution < -0.4 is 10.1 Å². The monoisotopic (exact) mass is 441 g/mol. The van der Waals surface area contributed by atoms with Crippen LogP contribution in [0.25, 0.3) is 5.69 Å². The SMILES string of the molecule is COc1cccc(-n2ccnc2SCC(=O)Nc2cc(C(F)(F)F)ccc2Cl)c1. The lowest BCUT2D eigenvalue weighted by molar-refractivity contribution is -0.137. The highest BCUT2D eigenvalue weighted by Gasteiger charge is 2.31. The Morgan fingerprint density at radius 1 is 1.28 bits per heavy atom. The highest BCUT2D eigenvalue weighted by atomic mass is 35.5. The molecule has 0 spiro atoms. The summed E-state index contributed by atoms with van der Waals surface area (Å²) in [5, 5.41) is 2.98. The number of imidazole rings is 1. The molecular formula is C19H15ClF3N3O2S. The van der Waals surface area contributed by atoms with Crippen LogP contribution in [0, 0.1) is 0 Å². The molecule has 0 unspecified atom stereocenters. The van der Waals surface area contributed by atoms with E-state index in [1.807, 2.05) is 18.2 Å². The molecule has 1 aromatic heterocycles. The molecule has 0 atom stereocenters. The molecule has 1 heterocycles. The van der Waals surface area contributed by atoms with E-state index < -0.39 is 17.6 Å². The van der Waals surface area contributed by atoms with Crippen molar-refractivity contribution in [2.24, 2.45) is 0 Å². The van der Waals surface area contributed by atoms with Crippen molar-refractivity contribution in [2.45, 2.75) is 11.3 Å². The molecule has 3 rings (SSSR count). The van der Waals surface area contributed by atoms with E-state index in [1.54, 1.807) is 30.1 Å². The van der Waals surface area contributed by atoms with E-state index in [0.29, 0.717) is 10.9 Å². The second kappa shape index (κ2) is 8.79. The number of alkyl halides is 3. The minimum Gasteiger partial charge on any atom is -0.497 e. The Morgan fingerprint density at radius 3 is 2.79 bits per heavy atom. The molecule has 0 fully saturated rings. The molecule has 0 aliphatic carbocycles. The average molecular weight is 442 g/mol. The summed E-state index contributed by atoms with van der Waals surface area (Å²) < 4.78 is 45.5. The molecule has 10 heteroatoms. The van der Waals surface area contributed by atoms with Gasteiger partial charge in [0.1, 0.15) is 5.75 Å². The van der Waals surface area contributed by atoms with Crippen LogP contribution >= 0.6 is 23.4 Å². The van der Waals surface area contributed by atoms with Crippen molar-refractivity contribution >= 4 is 35.0 Å². The van der Waals surface area contributed by atoms with Crippen molar-refractivity contribution in [2.75, 3.05) is 18.2 Å². The van der Waals surface area contributed by atoms with Crippen LogP contribution in [-0.4, -0.2) is 28.3 Å². The number of carbonyl (C=O) groups is 1. The number of methoxy groups -OCH3 is 1. The maximum Gasteiger partial charge on any atom is 0.416 e. The first kappa shape index (κ1) is 21.1. The quantitative estimate of drug-likeness (QED) is 0.528. The Bertz CT molecular complexity index is 1020. The number of hydrogen-bond acceptors (Lipinski definition) is 4. The van der Waals surface area contributed by atoms with E-state index in [1.165, 1.54) is 0 Å². The summed E-state index contributed by atoms with van der Waals surface area (Å²) >= 11 is 7.05. The highest BCUT2D eigenvalue weighted by Crippen LogP contribution is 2.34. The maximum atomic E-state index is 12.9. The van der Waals surface area contributed by atoms with Crippen LogP contribution in [-0.2, 0) is 11.0 Å². The zero-order chi connectivity index (χ0) is 21.0. The van der Waals surface area contributed by atoms with Crippen LogP contribution in [0.1, 0.15) is 5.56 Å². The number of nitrogens with one attached hydrogen (secondary N) is 1. The molecule has 0 aliphatic rings. The number of carbonyl (C=O) groups excluding carboxylic acids is 1. The molecule has 0 bridgehead atoms. The summed E-state index contributed by atoms with van der Waals surface area (Å²) in [6, 6.07) is 10.1. The first-order valence-electron chi connectivity index (χ1n) is 8.25. The lowest BCUT2D eigenvalue weighted by Gasteiger charge is -2.12. The topological polar surface area (TPSA) is 56.2 Å². The fraction of sp³-hybridized carbons (Fsp3) is 0.158. The third-order valence-corrected chi connectivity index (χ3v) is 5.13. The predicted octanol–water partition coefficient (Wildman–Crippen LogP) is 5.28. The Labute approximate surface area is 173 Å². The first-order valence-corrected chi connectivity index (χ1v) is 9.61. The van der Waals surface area contributed by atoms with E-state index >= 15 is 0 Å². The number of ether oxygens (including phenoxy) is 1. The summed E-state index contributed by atoms with van der Waals surface area (Å²) in [5.41, 5.74) is -0.188. The number of rotatable bonds is 6. The summed E-state index contributed by atoms with van der Waals surface area (Å²) in [7, 11) is 1.56. The van der Waals surface area contributed by atoms with Crippen molar-refractivity contribution in [3.8, 4) is 11.4 Å². The van der Waals surface area contributed by atoms with Crippen molar-refractivity contribution < 1.29 is 22.7 Å². The Hall–Kier alpha value is -2.65. The zero-order valence-electron chi connectivity index (χ0n) is 15.0. The Morgan fingerprint density at radius 2 is 2.07 bits per heavy atom. The number of benzene rings is 2. The molecule has 0 saturated carbocycles. The van der Waals surface area contributed by atoms with Gasteiger partial charge in [0.05, 0.1) is 34.8 Å². The minimum absolute atomic E-state index is 0.0224. The fourth-order valence-corrected chi connectivity index (χ4v) is 3.41. The number of amides is 1. The van der Waals surface area contributed by atoms with Crippen molar-refractivity contribution in [1.82, 2.24) is 9.55 Å². The Kier molecular flexibility index (Phi) is 6.39. The number of anilines is 1. The van der Waals surface area contributed by atoms with Crippen LogP contribution in [0.4, 0.5) is 18.9 Å². The van der Waals surface area contributed by atoms with Crippen molar-refractivity contribution in [3.05, 3.63) is 65.4 Å². The molecule has 5 nitrogen and oxygen atoms in total. The van der Waals surface area contributed by atoms with Gasteiger partial charge >= 0.3 is 6.18 Å². The van der Waals surface area contributed by atoms with Crippen molar-refractivity contribution in [3.63, 3.8) is 0 Å². The fourth-order valence-electron chi connectivity index (χ4n) is 2.47. The molecule has 152 valence electrons. The normalized spacial score (nSPS) is 11.3. The molecule has 0 saturated heterocycles. The molecule has 1 N–H and O–H groups in total. The number of halogens is 4. The van der Waals surface area contributed by atoms with Gasteiger partial charge in [0.25, 0.3) is 0 Å². The number of aromatic nitrogens is 2. The van der Waals surface area contributed by atoms with E-state index in [2.05, 4.69) is 10.3 Å². The molecule has 3 aromatic rings. The van der Waals surface area contributed by atoms with Gasteiger partial charge in [-0.1, -0.05) is 29.4 Å². The summed E-state index contributed by atoms with van der Waals surface area (Å²) in [4.78, 5) is 16.5. The largest absolute Gasteiger partial charge is 0.497 e. The molecule has 1 amide bonds. The van der Waals surface area contributed by atoms with Gasteiger partial charge in [0.2, 0.25) is 5.91 Å². The maximum absolute atomic E-state index is 12.9. The molecule has 0 aliphatic heterocycles. The van der Waals surface area contributed by atoms with Gasteiger partial charge < -0.3 is 10.1 Å². The van der Waals surface area contributed by atoms with Crippen molar-refractivity contribution in [1.29, 1.82) is 0 Å². The molecular weight excluding hydrogens is 427 g/mol. The van der Waals surface area contributed by atoms with E-state index in [-0.39, 0.29) is 16.5 Å². The van der Waals surface area contributed by atoms with Gasteiger partial charge in [0.15, 0.2) is 5.16 Å². The van der Waals surface area contributed by atoms with Gasteiger partial charge in [-0.25, -0.2) is 4.98 Å². The zero-order valence-corrected chi connectivity index (χ0v) is 16.6. The molecule has 2 aromatic carbocycles. The number of thioether (sulfide) groups is 1. The average Bonchev–Trinajstić information content (AvgIpc) is 3.16. The summed E-state index contributed by atoms with van der Waals surface area (Å²) in [6.45, 7) is 0. The number of hydrogen-bond donors (Lipinski definition) is 1. The van der Waals surface area contributed by atoms with Crippen LogP contribution in [0.3, 0.4) is 0 Å². The van der Waals surface area contributed by atoms with Crippen LogP contribution in [0.2, 0.25) is 5.02 Å². The summed E-state index contributed by atoms with van der Waals surface area (Å²) in [6.07, 6.45) is -1.21. The van der Waals surface area contributed by atoms with Gasteiger partial charge in [-0.15, -0.1) is 0 Å². The predicted molar refractivity (Wildman–Crippen MR) is 106 cm³/mol. The number of nitrogens with zero attached hydrogens (tertiary/aromatic N) is 2. The van der Waals surface area contributed by atoms with Gasteiger partial charge in [-0.3, -0.25) is 9.36 Å². The second-order valence-corrected chi connectivity index (χ2v) is 7.16. The molecule has 0 radical (unpaired) electrons. The van der Waals surface area contributed by atoms with E-state index in [0.717, 1.165) is 35.6 Å². The van der Waals surface area contributed by atoms with E-state index in [4.69, 9.17) is 16.3 Å². The Balaban J connectivity index is 1.69. The summed E-state index contributed by atoms with van der Waals surface area (Å²) in [5.74, 6) is 0.105. The lowest BCUT2D eigenvalue weighted by Crippen LogP contribution is -2.16. The third kappa shape index (κ3) is 5.24. The lowest BCUT2D eigenvalue weighted by atomic mass is 10.2. The smallest absolute Gasteiger partial charge is 0.416 e.